The maximum atomic E-state index is 12.6. The van der Waals surface area contributed by atoms with Crippen molar-refractivity contribution in [1.82, 2.24) is 4.90 Å². The van der Waals surface area contributed by atoms with Crippen LogP contribution in [0.15, 0.2) is 30.3 Å². The summed E-state index contributed by atoms with van der Waals surface area (Å²) in [4.78, 5) is 14.4. The number of hydrogen-bond donors (Lipinski definition) is 1. The predicted octanol–water partition coefficient (Wildman–Crippen LogP) is 1.77. The molecule has 18 heavy (non-hydrogen) atoms. The average Bonchev–Trinajstić information content (AvgIpc) is 3.20. The second-order valence-electron chi connectivity index (χ2n) is 5.47. The molecule has 1 amide bonds. The molecule has 2 rings (SSSR count). The fraction of sp³-hybridized carbons (Fsp3) is 0.533. The van der Waals surface area contributed by atoms with E-state index in [9.17, 15) is 4.79 Å². The van der Waals surface area contributed by atoms with E-state index in [2.05, 4.69) is 19.1 Å². The fourth-order valence-electron chi connectivity index (χ4n) is 2.50. The van der Waals surface area contributed by atoms with Gasteiger partial charge in [-0.05, 0) is 30.9 Å². The zero-order valence-corrected chi connectivity index (χ0v) is 11.2. The van der Waals surface area contributed by atoms with Crippen LogP contribution >= 0.6 is 0 Å². The van der Waals surface area contributed by atoms with Crippen LogP contribution in [0.3, 0.4) is 0 Å². The van der Waals surface area contributed by atoms with Gasteiger partial charge in [0.05, 0.1) is 5.41 Å². The molecule has 2 N–H and O–H groups in total. The number of likely N-dealkylation sites (N-methyl/N-ethyl adjacent to an activating group) is 1. The van der Waals surface area contributed by atoms with E-state index in [1.165, 1.54) is 0 Å². The van der Waals surface area contributed by atoms with Crippen LogP contribution in [0.2, 0.25) is 0 Å². The van der Waals surface area contributed by atoms with E-state index in [0.29, 0.717) is 12.5 Å². The molecule has 0 radical (unpaired) electrons. The number of rotatable bonds is 5. The van der Waals surface area contributed by atoms with Gasteiger partial charge in [0.15, 0.2) is 0 Å². The van der Waals surface area contributed by atoms with Crippen LogP contribution in [-0.4, -0.2) is 30.9 Å². The highest BCUT2D eigenvalue weighted by Crippen LogP contribution is 2.49. The highest BCUT2D eigenvalue weighted by molar-refractivity contribution is 5.91. The lowest BCUT2D eigenvalue weighted by Gasteiger charge is -2.26. The Balaban J connectivity index is 2.09. The first-order valence-corrected chi connectivity index (χ1v) is 6.61. The molecule has 1 aromatic rings. The van der Waals surface area contributed by atoms with Gasteiger partial charge in [0.1, 0.15) is 0 Å². The maximum Gasteiger partial charge on any atom is 0.232 e. The summed E-state index contributed by atoms with van der Waals surface area (Å²) in [6.07, 6.45) is 1.94. The van der Waals surface area contributed by atoms with Gasteiger partial charge >= 0.3 is 0 Å². The number of nitrogens with two attached hydrogens (primary N) is 1. The Morgan fingerprint density at radius 1 is 1.39 bits per heavy atom. The molecule has 0 aromatic heterocycles. The summed E-state index contributed by atoms with van der Waals surface area (Å²) >= 11 is 0. The third-order valence-electron chi connectivity index (χ3n) is 3.82. The molecule has 3 heteroatoms. The number of carbonyl (C=O) groups excluding carboxylic acids is 1. The summed E-state index contributed by atoms with van der Waals surface area (Å²) in [6.45, 7) is 3.44. The molecule has 1 aliphatic carbocycles. The van der Waals surface area contributed by atoms with Crippen LogP contribution in [0.25, 0.3) is 0 Å². The first kappa shape index (κ1) is 13.1. The normalized spacial score (nSPS) is 18.2. The zero-order chi connectivity index (χ0) is 13.2. The Bertz CT molecular complexity index is 412. The van der Waals surface area contributed by atoms with Crippen molar-refractivity contribution >= 4 is 5.91 Å². The molecule has 0 saturated heterocycles. The molecule has 1 aliphatic rings. The molecule has 1 fully saturated rings. The minimum Gasteiger partial charge on any atom is -0.345 e. The summed E-state index contributed by atoms with van der Waals surface area (Å²) < 4.78 is 0. The lowest BCUT2D eigenvalue weighted by molar-refractivity contribution is -0.133. The van der Waals surface area contributed by atoms with E-state index in [0.717, 1.165) is 24.9 Å². The number of hydrogen-bond acceptors (Lipinski definition) is 2. The van der Waals surface area contributed by atoms with E-state index in [4.69, 9.17) is 5.73 Å². The van der Waals surface area contributed by atoms with Crippen LogP contribution in [0, 0.1) is 5.92 Å². The predicted molar refractivity (Wildman–Crippen MR) is 73.2 cm³/mol. The van der Waals surface area contributed by atoms with Crippen molar-refractivity contribution in [2.75, 3.05) is 20.1 Å². The standard InChI is InChI=1S/C15H22N2O/c1-12(10-16)11-17(2)14(18)15(8-9-15)13-6-4-3-5-7-13/h3-7,12H,8-11,16H2,1-2H3. The van der Waals surface area contributed by atoms with Gasteiger partial charge < -0.3 is 10.6 Å². The van der Waals surface area contributed by atoms with Gasteiger partial charge in [-0.2, -0.15) is 0 Å². The van der Waals surface area contributed by atoms with Gasteiger partial charge in [0.25, 0.3) is 0 Å². The summed E-state index contributed by atoms with van der Waals surface area (Å²) in [6, 6.07) is 10.1. The highest BCUT2D eigenvalue weighted by Gasteiger charge is 2.52. The fourth-order valence-corrected chi connectivity index (χ4v) is 2.50. The van der Waals surface area contributed by atoms with Crippen molar-refractivity contribution in [2.45, 2.75) is 25.2 Å². The molecule has 0 aliphatic heterocycles. The largest absolute Gasteiger partial charge is 0.345 e. The molecule has 98 valence electrons. The molecule has 1 saturated carbocycles. The Morgan fingerprint density at radius 2 is 2.00 bits per heavy atom. The molecule has 1 aromatic carbocycles. The summed E-state index contributed by atoms with van der Waals surface area (Å²) in [5, 5.41) is 0. The molecule has 0 bridgehead atoms. The van der Waals surface area contributed by atoms with Crippen molar-refractivity contribution in [1.29, 1.82) is 0 Å². The van der Waals surface area contributed by atoms with E-state index in [1.807, 2.05) is 30.1 Å². The topological polar surface area (TPSA) is 46.3 Å². The van der Waals surface area contributed by atoms with Crippen molar-refractivity contribution in [3.63, 3.8) is 0 Å². The Hall–Kier alpha value is -1.35. The first-order chi connectivity index (χ1) is 8.60. The minimum absolute atomic E-state index is 0.244. The molecule has 1 unspecified atom stereocenters. The van der Waals surface area contributed by atoms with Gasteiger partial charge in [-0.15, -0.1) is 0 Å². The molecule has 1 atom stereocenters. The molecule has 0 spiro atoms. The third kappa shape index (κ3) is 2.41. The number of amides is 1. The monoisotopic (exact) mass is 246 g/mol. The van der Waals surface area contributed by atoms with E-state index < -0.39 is 0 Å². The molecule has 3 nitrogen and oxygen atoms in total. The van der Waals surface area contributed by atoms with Gasteiger partial charge in [-0.1, -0.05) is 37.3 Å². The number of benzene rings is 1. The van der Waals surface area contributed by atoms with Crippen LogP contribution in [0.4, 0.5) is 0 Å². The van der Waals surface area contributed by atoms with Gasteiger partial charge in [0, 0.05) is 13.6 Å². The van der Waals surface area contributed by atoms with E-state index >= 15 is 0 Å². The van der Waals surface area contributed by atoms with Crippen molar-refractivity contribution in [2.24, 2.45) is 11.7 Å². The molecular weight excluding hydrogens is 224 g/mol. The van der Waals surface area contributed by atoms with Crippen LogP contribution in [-0.2, 0) is 10.2 Å². The Labute approximate surface area is 109 Å². The smallest absolute Gasteiger partial charge is 0.232 e. The average molecular weight is 246 g/mol. The first-order valence-electron chi connectivity index (χ1n) is 6.61. The van der Waals surface area contributed by atoms with Gasteiger partial charge in [0.2, 0.25) is 5.91 Å². The maximum absolute atomic E-state index is 12.6. The number of carbonyl (C=O) groups is 1. The van der Waals surface area contributed by atoms with Crippen molar-refractivity contribution in [3.05, 3.63) is 35.9 Å². The Kier molecular flexibility index (Phi) is 3.71. The van der Waals surface area contributed by atoms with E-state index in [1.54, 1.807) is 0 Å². The summed E-state index contributed by atoms with van der Waals surface area (Å²) in [7, 11) is 1.89. The van der Waals surface area contributed by atoms with E-state index in [-0.39, 0.29) is 11.3 Å². The van der Waals surface area contributed by atoms with Gasteiger partial charge in [-0.3, -0.25) is 4.79 Å². The second kappa shape index (κ2) is 5.11. The molecule has 0 heterocycles. The second-order valence-corrected chi connectivity index (χ2v) is 5.47. The highest BCUT2D eigenvalue weighted by atomic mass is 16.2. The minimum atomic E-state index is -0.246. The van der Waals surface area contributed by atoms with Crippen LogP contribution in [0.1, 0.15) is 25.3 Å². The van der Waals surface area contributed by atoms with Crippen molar-refractivity contribution < 1.29 is 4.79 Å². The summed E-state index contributed by atoms with van der Waals surface area (Å²) in [5.74, 6) is 0.597. The quantitative estimate of drug-likeness (QED) is 0.860. The SMILES string of the molecule is CC(CN)CN(C)C(=O)C1(c2ccccc2)CC1. The van der Waals surface area contributed by atoms with Crippen LogP contribution in [0.5, 0.6) is 0 Å². The third-order valence-corrected chi connectivity index (χ3v) is 3.82. The summed E-state index contributed by atoms with van der Waals surface area (Å²) in [5.41, 5.74) is 6.53. The lowest BCUT2D eigenvalue weighted by Crippen LogP contribution is -2.40. The number of nitrogens with zero attached hydrogens (tertiary/aromatic N) is 1. The van der Waals surface area contributed by atoms with Crippen LogP contribution < -0.4 is 5.73 Å². The van der Waals surface area contributed by atoms with Crippen molar-refractivity contribution in [3.8, 4) is 0 Å². The van der Waals surface area contributed by atoms with Gasteiger partial charge in [-0.25, -0.2) is 0 Å². The Morgan fingerprint density at radius 3 is 2.50 bits per heavy atom. The molecular formula is C15H22N2O. The lowest BCUT2D eigenvalue weighted by atomic mass is 9.94. The zero-order valence-electron chi connectivity index (χ0n) is 11.2.